The first-order valence-electron chi connectivity index (χ1n) is 6.80. The van der Waals surface area contributed by atoms with Crippen molar-refractivity contribution in [1.29, 1.82) is 0 Å². The van der Waals surface area contributed by atoms with Crippen LogP contribution in [-0.2, 0) is 4.74 Å². The van der Waals surface area contributed by atoms with E-state index in [0.717, 1.165) is 24.8 Å². The van der Waals surface area contributed by atoms with Crippen LogP contribution in [0.2, 0.25) is 5.02 Å². The zero-order valence-corrected chi connectivity index (χ0v) is 12.2. The predicted octanol–water partition coefficient (Wildman–Crippen LogP) is 4.78. The predicted molar refractivity (Wildman–Crippen MR) is 77.7 cm³/mol. The van der Waals surface area contributed by atoms with Gasteiger partial charge in [-0.1, -0.05) is 37.1 Å². The lowest BCUT2D eigenvalue weighted by atomic mass is 9.88. The number of halogens is 1. The Morgan fingerprint density at radius 1 is 1.37 bits per heavy atom. The average Bonchev–Trinajstić information content (AvgIpc) is 2.37. The van der Waals surface area contributed by atoms with Crippen LogP contribution in [0.3, 0.4) is 0 Å². The third kappa shape index (κ3) is 3.63. The number of amides is 1. The highest BCUT2D eigenvalue weighted by Gasteiger charge is 2.25. The first kappa shape index (κ1) is 14.2. The first-order chi connectivity index (χ1) is 9.08. The lowest BCUT2D eigenvalue weighted by Crippen LogP contribution is -2.30. The van der Waals surface area contributed by atoms with E-state index in [1.54, 1.807) is 6.07 Å². The Kier molecular flexibility index (Phi) is 4.70. The lowest BCUT2D eigenvalue weighted by Gasteiger charge is -2.28. The summed E-state index contributed by atoms with van der Waals surface area (Å²) in [6.45, 7) is 4.04. The molecule has 19 heavy (non-hydrogen) atoms. The molecule has 2 atom stereocenters. The van der Waals surface area contributed by atoms with Gasteiger partial charge in [-0.05, 0) is 43.7 Å². The van der Waals surface area contributed by atoms with E-state index in [-0.39, 0.29) is 6.10 Å². The van der Waals surface area contributed by atoms with E-state index >= 15 is 0 Å². The fourth-order valence-corrected chi connectivity index (χ4v) is 2.79. The Morgan fingerprint density at radius 3 is 2.79 bits per heavy atom. The van der Waals surface area contributed by atoms with Gasteiger partial charge in [0.15, 0.2) is 0 Å². The Hall–Kier alpha value is -1.22. The molecule has 1 saturated carbocycles. The van der Waals surface area contributed by atoms with Crippen molar-refractivity contribution in [3.05, 3.63) is 28.8 Å². The maximum absolute atomic E-state index is 11.9. The number of hydrogen-bond acceptors (Lipinski definition) is 2. The normalized spacial score (nSPS) is 22.9. The van der Waals surface area contributed by atoms with E-state index in [0.29, 0.717) is 16.6 Å². The molecule has 1 aromatic carbocycles. The van der Waals surface area contributed by atoms with E-state index in [4.69, 9.17) is 16.3 Å². The molecule has 104 valence electrons. The van der Waals surface area contributed by atoms with Crippen molar-refractivity contribution in [3.8, 4) is 0 Å². The van der Waals surface area contributed by atoms with E-state index in [1.165, 1.54) is 6.42 Å². The van der Waals surface area contributed by atoms with Crippen molar-refractivity contribution in [2.75, 3.05) is 5.32 Å². The summed E-state index contributed by atoms with van der Waals surface area (Å²) in [4.78, 5) is 11.9. The summed E-state index contributed by atoms with van der Waals surface area (Å²) in [5, 5.41) is 3.29. The highest BCUT2D eigenvalue weighted by molar-refractivity contribution is 6.33. The van der Waals surface area contributed by atoms with Gasteiger partial charge >= 0.3 is 6.09 Å². The van der Waals surface area contributed by atoms with Gasteiger partial charge in [0.05, 0.1) is 10.7 Å². The van der Waals surface area contributed by atoms with Crippen LogP contribution in [0, 0.1) is 12.8 Å². The fraction of sp³-hybridized carbons (Fsp3) is 0.533. The van der Waals surface area contributed by atoms with Crippen LogP contribution < -0.4 is 5.32 Å². The Balaban J connectivity index is 1.97. The van der Waals surface area contributed by atoms with Crippen LogP contribution >= 0.6 is 11.6 Å². The van der Waals surface area contributed by atoms with Gasteiger partial charge in [0.25, 0.3) is 0 Å². The second-order valence-electron chi connectivity index (χ2n) is 5.26. The number of hydrogen-bond donors (Lipinski definition) is 1. The fourth-order valence-electron chi connectivity index (χ4n) is 2.52. The average molecular weight is 282 g/mol. The number of rotatable bonds is 2. The van der Waals surface area contributed by atoms with Crippen molar-refractivity contribution in [3.63, 3.8) is 0 Å². The molecule has 1 amide bonds. The third-order valence-electron chi connectivity index (χ3n) is 3.74. The number of aryl methyl sites for hydroxylation is 1. The summed E-state index contributed by atoms with van der Waals surface area (Å²) in [5.41, 5.74) is 1.57. The van der Waals surface area contributed by atoms with Crippen molar-refractivity contribution >= 4 is 23.4 Å². The van der Waals surface area contributed by atoms with E-state index < -0.39 is 6.09 Å². The molecule has 3 nitrogen and oxygen atoms in total. The molecule has 1 fully saturated rings. The maximum Gasteiger partial charge on any atom is 0.411 e. The van der Waals surface area contributed by atoms with Gasteiger partial charge in [-0.2, -0.15) is 0 Å². The molecule has 2 rings (SSSR count). The summed E-state index contributed by atoms with van der Waals surface area (Å²) in [5.74, 6) is 0.437. The van der Waals surface area contributed by atoms with Gasteiger partial charge in [0.1, 0.15) is 6.10 Å². The summed E-state index contributed by atoms with van der Waals surface area (Å²) in [6.07, 6.45) is 4.06. The minimum absolute atomic E-state index is 0.0246. The number of para-hydroxylation sites is 1. The molecule has 0 heterocycles. The van der Waals surface area contributed by atoms with Gasteiger partial charge in [0.2, 0.25) is 0 Å². The molecular weight excluding hydrogens is 262 g/mol. The maximum atomic E-state index is 11.9. The number of benzene rings is 1. The lowest BCUT2D eigenvalue weighted by molar-refractivity contribution is 0.0524. The molecule has 1 aliphatic carbocycles. The van der Waals surface area contributed by atoms with Crippen LogP contribution in [0.25, 0.3) is 0 Å². The minimum atomic E-state index is -0.407. The van der Waals surface area contributed by atoms with Gasteiger partial charge < -0.3 is 4.74 Å². The Labute approximate surface area is 119 Å². The molecule has 0 unspecified atom stereocenters. The van der Waals surface area contributed by atoms with Gasteiger partial charge in [-0.3, -0.25) is 5.32 Å². The summed E-state index contributed by atoms with van der Waals surface area (Å²) in [6, 6.07) is 5.52. The molecule has 0 spiro atoms. The van der Waals surface area contributed by atoms with Crippen LogP contribution in [-0.4, -0.2) is 12.2 Å². The standard InChI is InChI=1S/C15H20ClNO2/c1-10-6-3-4-9-13(10)19-15(18)17-14-11(2)7-5-8-12(14)16/h5,7-8,10,13H,3-4,6,9H2,1-2H3,(H,17,18)/t10-,13+/m0/s1. The second kappa shape index (κ2) is 6.29. The second-order valence-corrected chi connectivity index (χ2v) is 5.67. The molecule has 0 aromatic heterocycles. The smallest absolute Gasteiger partial charge is 0.411 e. The molecule has 0 aliphatic heterocycles. The zero-order valence-electron chi connectivity index (χ0n) is 11.4. The van der Waals surface area contributed by atoms with Crippen LogP contribution in [0.1, 0.15) is 38.2 Å². The summed E-state index contributed by atoms with van der Waals surface area (Å²) in [7, 11) is 0. The number of carbonyl (C=O) groups is 1. The van der Waals surface area contributed by atoms with Crippen LogP contribution in [0.5, 0.6) is 0 Å². The van der Waals surface area contributed by atoms with Gasteiger partial charge in [-0.25, -0.2) is 4.79 Å². The van der Waals surface area contributed by atoms with Crippen molar-refractivity contribution in [2.45, 2.75) is 45.6 Å². The summed E-state index contributed by atoms with van der Waals surface area (Å²) < 4.78 is 5.51. The largest absolute Gasteiger partial charge is 0.446 e. The third-order valence-corrected chi connectivity index (χ3v) is 4.06. The van der Waals surface area contributed by atoms with Crippen molar-refractivity contribution in [1.82, 2.24) is 0 Å². The van der Waals surface area contributed by atoms with E-state index in [2.05, 4.69) is 12.2 Å². The SMILES string of the molecule is Cc1cccc(Cl)c1NC(=O)O[C@@H]1CCCC[C@@H]1C. The van der Waals surface area contributed by atoms with Crippen LogP contribution in [0.15, 0.2) is 18.2 Å². The van der Waals surface area contributed by atoms with Gasteiger partial charge in [0, 0.05) is 0 Å². The van der Waals surface area contributed by atoms with E-state index in [9.17, 15) is 4.79 Å². The molecular formula is C15H20ClNO2. The molecule has 1 aromatic rings. The molecule has 0 radical (unpaired) electrons. The highest BCUT2D eigenvalue weighted by atomic mass is 35.5. The van der Waals surface area contributed by atoms with Gasteiger partial charge in [-0.15, -0.1) is 0 Å². The monoisotopic (exact) mass is 281 g/mol. The summed E-state index contributed by atoms with van der Waals surface area (Å²) >= 11 is 6.07. The zero-order chi connectivity index (χ0) is 13.8. The number of carbonyl (C=O) groups excluding carboxylic acids is 1. The minimum Gasteiger partial charge on any atom is -0.446 e. The number of nitrogens with one attached hydrogen (secondary N) is 1. The van der Waals surface area contributed by atoms with Crippen LogP contribution in [0.4, 0.5) is 10.5 Å². The molecule has 1 N–H and O–H groups in total. The quantitative estimate of drug-likeness (QED) is 0.847. The topological polar surface area (TPSA) is 38.3 Å². The Bertz CT molecular complexity index is 441. The molecule has 1 aliphatic rings. The Morgan fingerprint density at radius 2 is 2.11 bits per heavy atom. The van der Waals surface area contributed by atoms with Crippen molar-refractivity contribution < 1.29 is 9.53 Å². The van der Waals surface area contributed by atoms with Crippen molar-refractivity contribution in [2.24, 2.45) is 5.92 Å². The molecule has 0 saturated heterocycles. The number of anilines is 1. The molecule has 4 heteroatoms. The highest BCUT2D eigenvalue weighted by Crippen LogP contribution is 2.28. The van der Waals surface area contributed by atoms with E-state index in [1.807, 2.05) is 19.1 Å². The first-order valence-corrected chi connectivity index (χ1v) is 7.18. The molecule has 0 bridgehead atoms. The number of ether oxygens (including phenoxy) is 1.